The third-order valence-electron chi connectivity index (χ3n) is 4.05. The summed E-state index contributed by atoms with van der Waals surface area (Å²) in [6, 6.07) is 13.4. The van der Waals surface area contributed by atoms with Gasteiger partial charge in [0, 0.05) is 10.0 Å². The van der Waals surface area contributed by atoms with E-state index in [0.29, 0.717) is 17.0 Å². The quantitative estimate of drug-likeness (QED) is 0.633. The largest absolute Gasteiger partial charge is 0.359 e. The molecule has 0 radical (unpaired) electrons. The Kier molecular flexibility index (Phi) is 3.57. The lowest BCUT2D eigenvalue weighted by molar-refractivity contribution is 0.0935. The van der Waals surface area contributed by atoms with Crippen LogP contribution in [0.1, 0.15) is 27.8 Å². The molecule has 1 atom stereocenters. The number of rotatable bonds is 2. The standard InChI is InChI=1S/C17H14BrN5O/c1-9-3-2-4-12-13(9)19-16(20-17(12)24)15-14(21-23-22-15)10-5-7-11(18)8-6-10/h2-8,16,19H,1H3,(H,20,24)(H,21,22,23). The molecule has 4 rings (SSSR count). The number of aryl methyl sites for hydroxylation is 1. The van der Waals surface area contributed by atoms with Crippen molar-refractivity contribution in [2.45, 2.75) is 13.1 Å². The number of nitrogens with zero attached hydrogens (tertiary/aromatic N) is 2. The van der Waals surface area contributed by atoms with Crippen LogP contribution in [-0.2, 0) is 0 Å². The highest BCUT2D eigenvalue weighted by Crippen LogP contribution is 2.32. The number of halogens is 1. The first kappa shape index (κ1) is 14.9. The van der Waals surface area contributed by atoms with E-state index >= 15 is 0 Å². The Morgan fingerprint density at radius 3 is 2.62 bits per heavy atom. The molecule has 0 saturated heterocycles. The van der Waals surface area contributed by atoms with Crippen molar-refractivity contribution in [1.29, 1.82) is 0 Å². The van der Waals surface area contributed by atoms with E-state index in [4.69, 9.17) is 0 Å². The predicted octanol–water partition coefficient (Wildman–Crippen LogP) is 3.40. The molecule has 3 aromatic rings. The minimum atomic E-state index is -0.441. The van der Waals surface area contributed by atoms with Crippen molar-refractivity contribution in [2.75, 3.05) is 5.32 Å². The van der Waals surface area contributed by atoms with Gasteiger partial charge < -0.3 is 10.6 Å². The Morgan fingerprint density at radius 2 is 1.83 bits per heavy atom. The smallest absolute Gasteiger partial charge is 0.255 e. The normalized spacial score (nSPS) is 16.2. The van der Waals surface area contributed by atoms with Gasteiger partial charge in [0.1, 0.15) is 17.6 Å². The molecule has 1 unspecified atom stereocenters. The predicted molar refractivity (Wildman–Crippen MR) is 94.5 cm³/mol. The maximum atomic E-state index is 12.4. The number of para-hydroxylation sites is 1. The van der Waals surface area contributed by atoms with E-state index in [1.54, 1.807) is 6.07 Å². The van der Waals surface area contributed by atoms with Gasteiger partial charge in [-0.3, -0.25) is 4.79 Å². The topological polar surface area (TPSA) is 82.7 Å². The molecule has 1 aliphatic heterocycles. The number of carbonyl (C=O) groups excluding carboxylic acids is 1. The Bertz CT molecular complexity index is 919. The molecule has 2 heterocycles. The average molecular weight is 384 g/mol. The van der Waals surface area contributed by atoms with Gasteiger partial charge in [-0.05, 0) is 30.7 Å². The Hall–Kier alpha value is -2.67. The zero-order chi connectivity index (χ0) is 16.7. The van der Waals surface area contributed by atoms with Crippen LogP contribution in [0.5, 0.6) is 0 Å². The lowest BCUT2D eigenvalue weighted by Gasteiger charge is -2.28. The van der Waals surface area contributed by atoms with Gasteiger partial charge in [0.2, 0.25) is 0 Å². The van der Waals surface area contributed by atoms with Crippen molar-refractivity contribution in [3.8, 4) is 11.3 Å². The lowest BCUT2D eigenvalue weighted by Crippen LogP contribution is -2.39. The van der Waals surface area contributed by atoms with Gasteiger partial charge in [0.05, 0.1) is 11.3 Å². The van der Waals surface area contributed by atoms with Crippen molar-refractivity contribution in [3.05, 3.63) is 63.8 Å². The highest BCUT2D eigenvalue weighted by Gasteiger charge is 2.29. The third kappa shape index (κ3) is 2.46. The molecular formula is C17H14BrN5O. The SMILES string of the molecule is Cc1cccc2c1NC(c1n[nH]nc1-c1ccc(Br)cc1)NC2=O. The first-order valence-electron chi connectivity index (χ1n) is 7.47. The number of hydrogen-bond donors (Lipinski definition) is 3. The zero-order valence-corrected chi connectivity index (χ0v) is 14.4. The van der Waals surface area contributed by atoms with Crippen LogP contribution in [0.15, 0.2) is 46.9 Å². The van der Waals surface area contributed by atoms with Crippen LogP contribution in [0.25, 0.3) is 11.3 Å². The first-order valence-corrected chi connectivity index (χ1v) is 8.26. The minimum absolute atomic E-state index is 0.123. The van der Waals surface area contributed by atoms with E-state index in [0.717, 1.165) is 21.3 Å². The summed E-state index contributed by atoms with van der Waals surface area (Å²) in [5.74, 6) is -0.123. The molecule has 1 amide bonds. The van der Waals surface area contributed by atoms with E-state index < -0.39 is 6.17 Å². The molecule has 120 valence electrons. The molecule has 24 heavy (non-hydrogen) atoms. The average Bonchev–Trinajstić information content (AvgIpc) is 3.06. The number of nitrogens with one attached hydrogen (secondary N) is 3. The summed E-state index contributed by atoms with van der Waals surface area (Å²) in [6.07, 6.45) is -0.441. The molecule has 6 nitrogen and oxygen atoms in total. The molecule has 3 N–H and O–H groups in total. The van der Waals surface area contributed by atoms with Crippen LogP contribution in [-0.4, -0.2) is 21.3 Å². The fraction of sp³-hybridized carbons (Fsp3) is 0.118. The monoisotopic (exact) mass is 383 g/mol. The van der Waals surface area contributed by atoms with Gasteiger partial charge in [-0.1, -0.05) is 40.2 Å². The van der Waals surface area contributed by atoms with Gasteiger partial charge in [-0.25, -0.2) is 0 Å². The Labute approximate surface area is 146 Å². The number of benzene rings is 2. The number of H-pyrrole nitrogens is 1. The fourth-order valence-corrected chi connectivity index (χ4v) is 3.10. The van der Waals surface area contributed by atoms with Gasteiger partial charge >= 0.3 is 0 Å². The second kappa shape index (κ2) is 5.76. The van der Waals surface area contributed by atoms with E-state index in [2.05, 4.69) is 42.0 Å². The van der Waals surface area contributed by atoms with Crippen LogP contribution in [0.2, 0.25) is 0 Å². The maximum absolute atomic E-state index is 12.4. The number of anilines is 1. The zero-order valence-electron chi connectivity index (χ0n) is 12.8. The number of hydrogen-bond acceptors (Lipinski definition) is 4. The van der Waals surface area contributed by atoms with E-state index in [1.807, 2.05) is 43.3 Å². The summed E-state index contributed by atoms with van der Waals surface area (Å²) in [7, 11) is 0. The second-order valence-electron chi connectivity index (χ2n) is 5.61. The molecule has 0 bridgehead atoms. The van der Waals surface area contributed by atoms with Crippen molar-refractivity contribution in [1.82, 2.24) is 20.7 Å². The highest BCUT2D eigenvalue weighted by atomic mass is 79.9. The Balaban J connectivity index is 1.74. The molecule has 1 aliphatic rings. The summed E-state index contributed by atoms with van der Waals surface area (Å²) < 4.78 is 0.991. The molecule has 0 saturated carbocycles. The van der Waals surface area contributed by atoms with Crippen LogP contribution < -0.4 is 10.6 Å². The Morgan fingerprint density at radius 1 is 1.04 bits per heavy atom. The summed E-state index contributed by atoms with van der Waals surface area (Å²) >= 11 is 3.42. The fourth-order valence-electron chi connectivity index (χ4n) is 2.84. The van der Waals surface area contributed by atoms with Crippen molar-refractivity contribution < 1.29 is 4.79 Å². The molecular weight excluding hydrogens is 370 g/mol. The van der Waals surface area contributed by atoms with E-state index in [9.17, 15) is 4.79 Å². The van der Waals surface area contributed by atoms with Crippen molar-refractivity contribution >= 4 is 27.5 Å². The van der Waals surface area contributed by atoms with E-state index in [1.165, 1.54) is 0 Å². The van der Waals surface area contributed by atoms with Crippen LogP contribution >= 0.6 is 15.9 Å². The second-order valence-corrected chi connectivity index (χ2v) is 6.53. The van der Waals surface area contributed by atoms with E-state index in [-0.39, 0.29) is 5.91 Å². The van der Waals surface area contributed by atoms with Gasteiger partial charge in [-0.2, -0.15) is 15.4 Å². The van der Waals surface area contributed by atoms with Gasteiger partial charge in [-0.15, -0.1) is 0 Å². The van der Waals surface area contributed by atoms with Gasteiger partial charge in [0.25, 0.3) is 5.91 Å². The van der Waals surface area contributed by atoms with Crippen LogP contribution in [0, 0.1) is 6.92 Å². The minimum Gasteiger partial charge on any atom is -0.359 e. The number of aromatic amines is 1. The van der Waals surface area contributed by atoms with Crippen molar-refractivity contribution in [2.24, 2.45) is 0 Å². The number of carbonyl (C=O) groups is 1. The number of fused-ring (bicyclic) bond motifs is 1. The molecule has 2 aromatic carbocycles. The summed E-state index contributed by atoms with van der Waals surface area (Å²) in [6.45, 7) is 1.97. The third-order valence-corrected chi connectivity index (χ3v) is 4.58. The number of amides is 1. The molecule has 0 spiro atoms. The molecule has 0 aliphatic carbocycles. The summed E-state index contributed by atoms with van der Waals surface area (Å²) in [5, 5.41) is 17.5. The summed E-state index contributed by atoms with van der Waals surface area (Å²) in [4.78, 5) is 12.4. The maximum Gasteiger partial charge on any atom is 0.255 e. The first-order chi connectivity index (χ1) is 11.6. The van der Waals surface area contributed by atoms with Crippen molar-refractivity contribution in [3.63, 3.8) is 0 Å². The van der Waals surface area contributed by atoms with Crippen LogP contribution in [0.3, 0.4) is 0 Å². The molecule has 0 fully saturated rings. The summed E-state index contributed by atoms with van der Waals surface area (Å²) in [5.41, 5.74) is 4.77. The van der Waals surface area contributed by atoms with Gasteiger partial charge in [0.15, 0.2) is 0 Å². The van der Waals surface area contributed by atoms with Crippen LogP contribution in [0.4, 0.5) is 5.69 Å². The highest BCUT2D eigenvalue weighted by molar-refractivity contribution is 9.10. The molecule has 7 heteroatoms. The number of aromatic nitrogens is 3. The molecule has 1 aromatic heterocycles. The lowest BCUT2D eigenvalue weighted by atomic mass is 10.0.